The summed E-state index contributed by atoms with van der Waals surface area (Å²) >= 11 is 0. The van der Waals surface area contributed by atoms with E-state index in [4.69, 9.17) is 4.74 Å². The number of pyridine rings is 1. The molecule has 0 radical (unpaired) electrons. The van der Waals surface area contributed by atoms with Gasteiger partial charge in [-0.3, -0.25) is 9.78 Å². The topological polar surface area (TPSA) is 63.2 Å². The largest absolute Gasteiger partial charge is 0.489 e. The van der Waals surface area contributed by atoms with E-state index in [9.17, 15) is 4.79 Å². The van der Waals surface area contributed by atoms with Crippen LogP contribution in [0.5, 0.6) is 5.75 Å². The van der Waals surface area contributed by atoms with Gasteiger partial charge in [-0.1, -0.05) is 12.1 Å². The van der Waals surface area contributed by atoms with E-state index in [1.807, 2.05) is 43.4 Å². The van der Waals surface area contributed by atoms with Crippen molar-refractivity contribution >= 4 is 11.6 Å². The zero-order valence-corrected chi connectivity index (χ0v) is 12.7. The number of nitrogens with zero attached hydrogens (tertiary/aromatic N) is 1. The van der Waals surface area contributed by atoms with Gasteiger partial charge in [-0.2, -0.15) is 0 Å². The Morgan fingerprint density at radius 2 is 2.18 bits per heavy atom. The van der Waals surface area contributed by atoms with E-state index in [0.717, 1.165) is 30.0 Å². The summed E-state index contributed by atoms with van der Waals surface area (Å²) in [5, 5.41) is 5.90. The first-order valence-corrected chi connectivity index (χ1v) is 7.34. The number of hydrogen-bond donors (Lipinski definition) is 2. The lowest BCUT2D eigenvalue weighted by molar-refractivity contribution is -0.116. The third kappa shape index (κ3) is 5.54. The third-order valence-electron chi connectivity index (χ3n) is 3.08. The lowest BCUT2D eigenvalue weighted by Gasteiger charge is -2.09. The van der Waals surface area contributed by atoms with Crippen LogP contribution in [0.25, 0.3) is 0 Å². The molecule has 0 saturated heterocycles. The number of benzene rings is 1. The van der Waals surface area contributed by atoms with E-state index in [2.05, 4.69) is 15.6 Å². The quantitative estimate of drug-likeness (QED) is 0.735. The summed E-state index contributed by atoms with van der Waals surface area (Å²) in [6, 6.07) is 11.2. The van der Waals surface area contributed by atoms with Crippen molar-refractivity contribution in [2.45, 2.75) is 19.4 Å². The lowest BCUT2D eigenvalue weighted by Crippen LogP contribution is -2.15. The fourth-order valence-corrected chi connectivity index (χ4v) is 1.96. The maximum Gasteiger partial charge on any atom is 0.224 e. The van der Waals surface area contributed by atoms with E-state index in [0.29, 0.717) is 13.0 Å². The number of nitrogens with one attached hydrogen (secondary N) is 2. The van der Waals surface area contributed by atoms with Crippen molar-refractivity contribution < 1.29 is 9.53 Å². The van der Waals surface area contributed by atoms with Crippen LogP contribution in [0, 0.1) is 0 Å². The van der Waals surface area contributed by atoms with Gasteiger partial charge in [-0.05, 0) is 38.2 Å². The van der Waals surface area contributed by atoms with Crippen molar-refractivity contribution in [3.63, 3.8) is 0 Å². The summed E-state index contributed by atoms with van der Waals surface area (Å²) in [5.41, 5.74) is 1.75. The van der Waals surface area contributed by atoms with Crippen LogP contribution >= 0.6 is 0 Å². The molecule has 0 aliphatic heterocycles. The molecule has 0 atom stereocenters. The van der Waals surface area contributed by atoms with Gasteiger partial charge >= 0.3 is 0 Å². The van der Waals surface area contributed by atoms with Crippen LogP contribution in [0.4, 0.5) is 5.69 Å². The van der Waals surface area contributed by atoms with Gasteiger partial charge in [0.1, 0.15) is 12.4 Å². The van der Waals surface area contributed by atoms with Crippen LogP contribution in [-0.2, 0) is 11.4 Å². The second-order valence-corrected chi connectivity index (χ2v) is 4.93. The molecule has 0 saturated carbocycles. The molecule has 0 bridgehead atoms. The monoisotopic (exact) mass is 299 g/mol. The van der Waals surface area contributed by atoms with Crippen molar-refractivity contribution in [1.82, 2.24) is 10.3 Å². The number of carbonyl (C=O) groups excluding carboxylic acids is 1. The SMILES string of the molecule is CNCCCC(=O)Nc1cccc(OCc2cccnc2)c1. The Bertz CT molecular complexity index is 587. The highest BCUT2D eigenvalue weighted by Gasteiger charge is 2.03. The minimum absolute atomic E-state index is 0.0136. The van der Waals surface area contributed by atoms with Crippen LogP contribution in [0.3, 0.4) is 0 Å². The molecule has 116 valence electrons. The molecule has 0 spiro atoms. The number of aromatic nitrogens is 1. The number of hydrogen-bond acceptors (Lipinski definition) is 4. The van der Waals surface area contributed by atoms with E-state index < -0.39 is 0 Å². The molecule has 5 heteroatoms. The summed E-state index contributed by atoms with van der Waals surface area (Å²) in [4.78, 5) is 15.8. The Kier molecular flexibility index (Phi) is 6.39. The Labute approximate surface area is 130 Å². The molecule has 2 rings (SSSR count). The molecular weight excluding hydrogens is 278 g/mol. The van der Waals surface area contributed by atoms with Gasteiger partial charge < -0.3 is 15.4 Å². The second kappa shape index (κ2) is 8.79. The van der Waals surface area contributed by atoms with E-state index in [-0.39, 0.29) is 5.91 Å². The highest BCUT2D eigenvalue weighted by molar-refractivity contribution is 5.90. The average Bonchev–Trinajstić information content (AvgIpc) is 2.54. The van der Waals surface area contributed by atoms with Crippen LogP contribution < -0.4 is 15.4 Å². The van der Waals surface area contributed by atoms with Gasteiger partial charge in [-0.25, -0.2) is 0 Å². The molecule has 0 unspecified atom stereocenters. The number of carbonyl (C=O) groups is 1. The molecule has 1 heterocycles. The second-order valence-electron chi connectivity index (χ2n) is 4.93. The van der Waals surface area contributed by atoms with Crippen molar-refractivity contribution in [1.29, 1.82) is 0 Å². The van der Waals surface area contributed by atoms with Crippen molar-refractivity contribution in [3.05, 3.63) is 54.4 Å². The normalized spacial score (nSPS) is 10.2. The molecule has 0 aliphatic carbocycles. The van der Waals surface area contributed by atoms with Gasteiger partial charge in [0.05, 0.1) is 0 Å². The highest BCUT2D eigenvalue weighted by atomic mass is 16.5. The van der Waals surface area contributed by atoms with Crippen molar-refractivity contribution in [2.75, 3.05) is 18.9 Å². The fourth-order valence-electron chi connectivity index (χ4n) is 1.96. The minimum Gasteiger partial charge on any atom is -0.489 e. The van der Waals surface area contributed by atoms with Gasteiger partial charge in [0.2, 0.25) is 5.91 Å². The van der Waals surface area contributed by atoms with E-state index in [1.54, 1.807) is 12.4 Å². The van der Waals surface area contributed by atoms with Crippen LogP contribution in [0.1, 0.15) is 18.4 Å². The zero-order valence-electron chi connectivity index (χ0n) is 12.7. The lowest BCUT2D eigenvalue weighted by atomic mass is 10.2. The Hall–Kier alpha value is -2.40. The van der Waals surface area contributed by atoms with Gasteiger partial charge in [-0.15, -0.1) is 0 Å². The summed E-state index contributed by atoms with van der Waals surface area (Å²) < 4.78 is 5.71. The molecule has 2 aromatic rings. The summed E-state index contributed by atoms with van der Waals surface area (Å²) in [6.45, 7) is 1.29. The zero-order chi connectivity index (χ0) is 15.6. The summed E-state index contributed by atoms with van der Waals surface area (Å²) in [5.74, 6) is 0.733. The Morgan fingerprint density at radius 1 is 1.27 bits per heavy atom. The number of anilines is 1. The molecule has 2 N–H and O–H groups in total. The summed E-state index contributed by atoms with van der Waals surface area (Å²) in [6.07, 6.45) is 4.82. The van der Waals surface area contributed by atoms with Crippen molar-refractivity contribution in [3.8, 4) is 5.75 Å². The average molecular weight is 299 g/mol. The standard InChI is InChI=1S/C17H21N3O2/c1-18-9-4-8-17(21)20-15-6-2-7-16(11-15)22-13-14-5-3-10-19-12-14/h2-3,5-7,10-12,18H,4,8-9,13H2,1H3,(H,20,21). The number of rotatable bonds is 8. The first-order valence-electron chi connectivity index (χ1n) is 7.34. The molecule has 1 amide bonds. The first kappa shape index (κ1) is 16.0. The molecule has 5 nitrogen and oxygen atoms in total. The third-order valence-corrected chi connectivity index (χ3v) is 3.08. The highest BCUT2D eigenvalue weighted by Crippen LogP contribution is 2.18. The van der Waals surface area contributed by atoms with Crippen LogP contribution in [0.2, 0.25) is 0 Å². The smallest absolute Gasteiger partial charge is 0.224 e. The van der Waals surface area contributed by atoms with Gasteiger partial charge in [0.25, 0.3) is 0 Å². The van der Waals surface area contributed by atoms with Gasteiger partial charge in [0, 0.05) is 36.1 Å². The molecule has 0 fully saturated rings. The van der Waals surface area contributed by atoms with E-state index >= 15 is 0 Å². The first-order chi connectivity index (χ1) is 10.8. The van der Waals surface area contributed by atoms with Gasteiger partial charge in [0.15, 0.2) is 0 Å². The molecule has 1 aromatic carbocycles. The molecule has 0 aliphatic rings. The summed E-state index contributed by atoms with van der Waals surface area (Å²) in [7, 11) is 1.88. The maximum absolute atomic E-state index is 11.8. The molecule has 1 aromatic heterocycles. The van der Waals surface area contributed by atoms with Crippen LogP contribution in [0.15, 0.2) is 48.8 Å². The predicted molar refractivity (Wildman–Crippen MR) is 86.8 cm³/mol. The van der Waals surface area contributed by atoms with E-state index in [1.165, 1.54) is 0 Å². The number of ether oxygens (including phenoxy) is 1. The molecule has 22 heavy (non-hydrogen) atoms. The minimum atomic E-state index is 0.0136. The molecular formula is C17H21N3O2. The Morgan fingerprint density at radius 3 is 2.95 bits per heavy atom. The predicted octanol–water partition coefficient (Wildman–Crippen LogP) is 2.60. The fraction of sp³-hybridized carbons (Fsp3) is 0.294. The van der Waals surface area contributed by atoms with Crippen molar-refractivity contribution in [2.24, 2.45) is 0 Å². The number of amides is 1. The maximum atomic E-state index is 11.8. The van der Waals surface area contributed by atoms with Crippen LogP contribution in [-0.4, -0.2) is 24.5 Å². The Balaban J connectivity index is 1.85.